The van der Waals surface area contributed by atoms with E-state index in [0.29, 0.717) is 6.54 Å². The summed E-state index contributed by atoms with van der Waals surface area (Å²) in [6.45, 7) is 4.06. The van der Waals surface area contributed by atoms with Crippen molar-refractivity contribution >= 4 is 33.8 Å². The molecule has 0 aromatic heterocycles. The van der Waals surface area contributed by atoms with Crippen molar-refractivity contribution in [3.63, 3.8) is 0 Å². The molecule has 2 rings (SSSR count). The smallest absolute Gasteiger partial charge is 0.338 e. The van der Waals surface area contributed by atoms with E-state index in [-0.39, 0.29) is 12.7 Å². The van der Waals surface area contributed by atoms with Gasteiger partial charge in [-0.15, -0.1) is 0 Å². The van der Waals surface area contributed by atoms with Gasteiger partial charge in [-0.3, -0.25) is 14.5 Å². The normalized spacial score (nSPS) is 16.3. The number of halogens is 1. The number of carbonyl (C=O) groups is 3. The van der Waals surface area contributed by atoms with E-state index >= 15 is 0 Å². The molecule has 7 nitrogen and oxygen atoms in total. The van der Waals surface area contributed by atoms with Crippen LogP contribution in [0.1, 0.15) is 19.4 Å². The quantitative estimate of drug-likeness (QED) is 0.563. The van der Waals surface area contributed by atoms with E-state index in [1.165, 1.54) is 0 Å². The fourth-order valence-corrected chi connectivity index (χ4v) is 3.06. The highest BCUT2D eigenvalue weighted by atomic mass is 79.9. The summed E-state index contributed by atoms with van der Waals surface area (Å²) in [5, 5.41) is 0. The number of urea groups is 1. The molecule has 1 aromatic rings. The molecular formula is C16H21BrN3O4+. The number of rotatable bonds is 6. The van der Waals surface area contributed by atoms with Gasteiger partial charge in [-0.2, -0.15) is 0 Å². The van der Waals surface area contributed by atoms with Crippen LogP contribution in [0.5, 0.6) is 5.75 Å². The van der Waals surface area contributed by atoms with Crippen LogP contribution in [0.3, 0.4) is 0 Å². The predicted molar refractivity (Wildman–Crippen MR) is 90.4 cm³/mol. The van der Waals surface area contributed by atoms with Crippen LogP contribution in [-0.4, -0.2) is 54.5 Å². The Balaban J connectivity index is 2.11. The maximum atomic E-state index is 12.3. The van der Waals surface area contributed by atoms with E-state index in [4.69, 9.17) is 4.74 Å². The first kappa shape index (κ1) is 18.4. The van der Waals surface area contributed by atoms with Crippen molar-refractivity contribution in [1.29, 1.82) is 0 Å². The zero-order valence-corrected chi connectivity index (χ0v) is 15.7. The molecule has 1 unspecified atom stereocenters. The van der Waals surface area contributed by atoms with Gasteiger partial charge in [-0.1, -0.05) is 15.9 Å². The maximum Gasteiger partial charge on any atom is 0.338 e. The Hall–Kier alpha value is -1.93. The number of amides is 4. The third kappa shape index (κ3) is 3.59. The number of carbonyl (C=O) groups excluding carboxylic acids is 3. The molecule has 0 saturated carbocycles. The summed E-state index contributed by atoms with van der Waals surface area (Å²) in [4.78, 5) is 39.2. The zero-order valence-electron chi connectivity index (χ0n) is 14.1. The van der Waals surface area contributed by atoms with Crippen LogP contribution in [-0.2, 0) is 16.1 Å². The highest BCUT2D eigenvalue weighted by molar-refractivity contribution is 9.10. The largest absolute Gasteiger partial charge is 0.496 e. The Morgan fingerprint density at radius 2 is 1.88 bits per heavy atom. The van der Waals surface area contributed by atoms with Crippen LogP contribution < -0.4 is 9.64 Å². The van der Waals surface area contributed by atoms with Crippen LogP contribution in [0.4, 0.5) is 4.79 Å². The average molecular weight is 399 g/mol. The van der Waals surface area contributed by atoms with Gasteiger partial charge in [0.15, 0.2) is 6.67 Å². The minimum atomic E-state index is -0.769. The molecule has 1 aliphatic rings. The summed E-state index contributed by atoms with van der Waals surface area (Å²) in [5.41, 5.74) is 0.940. The predicted octanol–water partition coefficient (Wildman–Crippen LogP) is 0.629. The fourth-order valence-electron chi connectivity index (χ4n) is 2.65. The molecule has 1 atom stereocenters. The fraction of sp³-hybridized carbons (Fsp3) is 0.438. The molecule has 0 bridgehead atoms. The third-order valence-electron chi connectivity index (χ3n) is 3.76. The lowest BCUT2D eigenvalue weighted by molar-refractivity contribution is -0.901. The van der Waals surface area contributed by atoms with Crippen molar-refractivity contribution in [2.24, 2.45) is 0 Å². The minimum absolute atomic E-state index is 0.113. The standard InChI is InChI=1S/C16H20BrN3O4/c1-10(2)20-15(22)14(21)19(16(20)23)9-18(3)8-11-7-12(17)5-6-13(11)24-4/h5-7,10H,8-9H2,1-4H3/p+1. The van der Waals surface area contributed by atoms with Crippen LogP contribution in [0.15, 0.2) is 22.7 Å². The molecule has 1 heterocycles. The number of hydrogen-bond acceptors (Lipinski definition) is 4. The van der Waals surface area contributed by atoms with Crippen molar-refractivity contribution in [3.8, 4) is 5.75 Å². The van der Waals surface area contributed by atoms with Crippen molar-refractivity contribution in [1.82, 2.24) is 9.80 Å². The molecular weight excluding hydrogens is 378 g/mol. The monoisotopic (exact) mass is 398 g/mol. The van der Waals surface area contributed by atoms with E-state index in [9.17, 15) is 14.4 Å². The maximum absolute atomic E-state index is 12.3. The van der Waals surface area contributed by atoms with Crippen molar-refractivity contribution in [2.45, 2.75) is 26.4 Å². The number of nitrogens with one attached hydrogen (secondary N) is 1. The summed E-state index contributed by atoms with van der Waals surface area (Å²) >= 11 is 3.42. The molecule has 24 heavy (non-hydrogen) atoms. The van der Waals surface area contributed by atoms with Crippen LogP contribution in [0, 0.1) is 0 Å². The van der Waals surface area contributed by atoms with Gasteiger partial charge in [0.1, 0.15) is 12.3 Å². The average Bonchev–Trinajstić information content (AvgIpc) is 2.71. The Morgan fingerprint density at radius 1 is 1.21 bits per heavy atom. The molecule has 0 radical (unpaired) electrons. The van der Waals surface area contributed by atoms with E-state index in [0.717, 1.165) is 30.5 Å². The molecule has 1 saturated heterocycles. The summed E-state index contributed by atoms with van der Waals surface area (Å²) in [7, 11) is 3.44. The first-order valence-electron chi connectivity index (χ1n) is 7.59. The van der Waals surface area contributed by atoms with E-state index in [1.807, 2.05) is 25.2 Å². The van der Waals surface area contributed by atoms with Gasteiger partial charge < -0.3 is 9.64 Å². The number of nitrogens with zero attached hydrogens (tertiary/aromatic N) is 2. The summed E-state index contributed by atoms with van der Waals surface area (Å²) in [6.07, 6.45) is 0. The Labute approximate surface area is 149 Å². The van der Waals surface area contributed by atoms with E-state index in [2.05, 4.69) is 15.9 Å². The number of imide groups is 2. The molecule has 0 aliphatic carbocycles. The first-order chi connectivity index (χ1) is 11.3. The second-order valence-electron chi connectivity index (χ2n) is 6.03. The van der Waals surface area contributed by atoms with Gasteiger partial charge >= 0.3 is 17.8 Å². The van der Waals surface area contributed by atoms with Gasteiger partial charge in [0.05, 0.1) is 14.2 Å². The minimum Gasteiger partial charge on any atom is -0.496 e. The second kappa shape index (κ2) is 7.31. The Bertz CT molecular complexity index is 677. The summed E-state index contributed by atoms with van der Waals surface area (Å²) in [6, 6.07) is 4.76. The third-order valence-corrected chi connectivity index (χ3v) is 4.26. The molecule has 8 heteroatoms. The number of hydrogen-bond donors (Lipinski definition) is 1. The molecule has 1 aliphatic heterocycles. The lowest BCUT2D eigenvalue weighted by Crippen LogP contribution is -3.09. The Kier molecular flexibility index (Phi) is 5.61. The number of ether oxygens (including phenoxy) is 1. The highest BCUT2D eigenvalue weighted by Crippen LogP contribution is 2.22. The van der Waals surface area contributed by atoms with Crippen molar-refractivity contribution in [3.05, 3.63) is 28.2 Å². The lowest BCUT2D eigenvalue weighted by Gasteiger charge is -2.22. The van der Waals surface area contributed by atoms with E-state index < -0.39 is 17.8 Å². The lowest BCUT2D eigenvalue weighted by atomic mass is 10.2. The molecule has 1 N–H and O–H groups in total. The van der Waals surface area contributed by atoms with Gasteiger partial charge in [-0.05, 0) is 32.0 Å². The summed E-state index contributed by atoms with van der Waals surface area (Å²) in [5.74, 6) is -0.798. The van der Waals surface area contributed by atoms with Crippen molar-refractivity contribution < 1.29 is 24.0 Å². The van der Waals surface area contributed by atoms with Gasteiger partial charge in [-0.25, -0.2) is 9.69 Å². The summed E-state index contributed by atoms with van der Waals surface area (Å²) < 4.78 is 6.25. The van der Waals surface area contributed by atoms with Crippen molar-refractivity contribution in [2.75, 3.05) is 20.8 Å². The second-order valence-corrected chi connectivity index (χ2v) is 6.95. The van der Waals surface area contributed by atoms with E-state index in [1.54, 1.807) is 21.0 Å². The first-order valence-corrected chi connectivity index (χ1v) is 8.38. The molecule has 4 amide bonds. The van der Waals surface area contributed by atoms with Crippen LogP contribution in [0.25, 0.3) is 0 Å². The van der Waals surface area contributed by atoms with Crippen LogP contribution >= 0.6 is 15.9 Å². The molecule has 1 fully saturated rings. The zero-order chi connectivity index (χ0) is 18.0. The topological polar surface area (TPSA) is 71.4 Å². The SMILES string of the molecule is COc1ccc(Br)cc1C[NH+](C)CN1C(=O)C(=O)N(C(C)C)C1=O. The molecule has 0 spiro atoms. The highest BCUT2D eigenvalue weighted by Gasteiger charge is 2.46. The number of methoxy groups -OCH3 is 1. The molecule has 130 valence electrons. The van der Waals surface area contributed by atoms with Gasteiger partial charge in [0.25, 0.3) is 0 Å². The Morgan fingerprint density at radius 3 is 2.42 bits per heavy atom. The number of quaternary nitrogens is 1. The van der Waals surface area contributed by atoms with Gasteiger partial charge in [0.2, 0.25) is 0 Å². The number of benzene rings is 1. The van der Waals surface area contributed by atoms with Gasteiger partial charge in [0, 0.05) is 16.1 Å². The van der Waals surface area contributed by atoms with Crippen LogP contribution in [0.2, 0.25) is 0 Å². The molecule has 1 aromatic carbocycles.